The second-order valence-electron chi connectivity index (χ2n) is 4.29. The van der Waals surface area contributed by atoms with Crippen molar-refractivity contribution >= 4 is 5.69 Å². The van der Waals surface area contributed by atoms with E-state index in [1.807, 2.05) is 0 Å². The Balaban J connectivity index is 2.33. The lowest BCUT2D eigenvalue weighted by molar-refractivity contribution is -0.384. The molecule has 2 atom stereocenters. The maximum atomic E-state index is 10.7. The summed E-state index contributed by atoms with van der Waals surface area (Å²) < 4.78 is 5.05. The average Bonchev–Trinajstić information content (AvgIpc) is 2.87. The Morgan fingerprint density at radius 1 is 1.42 bits per heavy atom. The smallest absolute Gasteiger partial charge is 0.270 e. The second kappa shape index (κ2) is 5.15. The lowest BCUT2D eigenvalue weighted by atomic mass is 10.1. The van der Waals surface area contributed by atoms with Gasteiger partial charge in [0.15, 0.2) is 0 Å². The summed E-state index contributed by atoms with van der Waals surface area (Å²) in [5.74, 6) is 0.280. The summed E-state index contributed by atoms with van der Waals surface area (Å²) in [6, 6.07) is 5.99. The van der Waals surface area contributed by atoms with Gasteiger partial charge in [-0.2, -0.15) is 4.98 Å². The van der Waals surface area contributed by atoms with Gasteiger partial charge in [-0.3, -0.25) is 10.1 Å². The van der Waals surface area contributed by atoms with E-state index in [0.717, 1.165) is 0 Å². The van der Waals surface area contributed by atoms with E-state index in [2.05, 4.69) is 10.1 Å². The highest BCUT2D eigenvalue weighted by Gasteiger charge is 2.20. The zero-order valence-electron chi connectivity index (χ0n) is 10.5. The third-order valence-corrected chi connectivity index (χ3v) is 2.87. The van der Waals surface area contributed by atoms with Gasteiger partial charge < -0.3 is 9.63 Å². The van der Waals surface area contributed by atoms with E-state index in [1.165, 1.54) is 12.1 Å². The zero-order chi connectivity index (χ0) is 14.0. The minimum atomic E-state index is -0.613. The fourth-order valence-corrected chi connectivity index (χ4v) is 1.50. The van der Waals surface area contributed by atoms with E-state index in [-0.39, 0.29) is 17.4 Å². The van der Waals surface area contributed by atoms with Crippen molar-refractivity contribution in [2.75, 3.05) is 0 Å². The molecule has 0 saturated heterocycles. The number of hydrogen-bond donors (Lipinski definition) is 1. The third-order valence-electron chi connectivity index (χ3n) is 2.87. The summed E-state index contributed by atoms with van der Waals surface area (Å²) in [7, 11) is 0. The Morgan fingerprint density at radius 3 is 2.79 bits per heavy atom. The molecule has 0 radical (unpaired) electrons. The van der Waals surface area contributed by atoms with Gasteiger partial charge >= 0.3 is 0 Å². The van der Waals surface area contributed by atoms with Gasteiger partial charge in [0.1, 0.15) is 0 Å². The molecule has 0 aliphatic carbocycles. The molecule has 0 aliphatic heterocycles. The number of non-ortho nitro benzene ring substituents is 1. The Morgan fingerprint density at radius 2 is 2.16 bits per heavy atom. The van der Waals surface area contributed by atoms with Crippen LogP contribution in [-0.4, -0.2) is 26.3 Å². The fraction of sp³-hybridized carbons (Fsp3) is 0.333. The predicted octanol–water partition coefficient (Wildman–Crippen LogP) is 2.13. The number of aliphatic hydroxyl groups is 1. The van der Waals surface area contributed by atoms with Gasteiger partial charge in [0.05, 0.1) is 16.9 Å². The molecule has 100 valence electrons. The zero-order valence-corrected chi connectivity index (χ0v) is 10.5. The lowest BCUT2D eigenvalue weighted by Crippen LogP contribution is -2.11. The van der Waals surface area contributed by atoms with E-state index >= 15 is 0 Å². The standard InChI is InChI=1S/C12H13N3O4/c1-7(8(2)16)12-13-11(14-19-12)9-4-3-5-10(6-9)15(17)18/h3-8,16H,1-2H3. The Labute approximate surface area is 109 Å². The van der Waals surface area contributed by atoms with Crippen LogP contribution in [0.15, 0.2) is 28.8 Å². The molecule has 7 nitrogen and oxygen atoms in total. The molecule has 1 aromatic carbocycles. The van der Waals surface area contributed by atoms with Gasteiger partial charge in [-0.05, 0) is 6.92 Å². The minimum Gasteiger partial charge on any atom is -0.393 e. The minimum absolute atomic E-state index is 0.0348. The molecule has 0 saturated carbocycles. The van der Waals surface area contributed by atoms with Crippen LogP contribution in [-0.2, 0) is 0 Å². The summed E-state index contributed by atoms with van der Waals surface area (Å²) in [6.07, 6.45) is -0.613. The molecule has 0 amide bonds. The van der Waals surface area contributed by atoms with E-state index in [0.29, 0.717) is 11.5 Å². The van der Waals surface area contributed by atoms with Crippen LogP contribution in [0.25, 0.3) is 11.4 Å². The first-order valence-electron chi connectivity index (χ1n) is 5.75. The summed E-state index contributed by atoms with van der Waals surface area (Å²) in [6.45, 7) is 3.39. The van der Waals surface area contributed by atoms with Crippen molar-refractivity contribution in [3.05, 3.63) is 40.3 Å². The van der Waals surface area contributed by atoms with Gasteiger partial charge in [-0.25, -0.2) is 0 Å². The SMILES string of the molecule is CC(O)C(C)c1nc(-c2cccc([N+](=O)[O-])c2)no1. The number of aromatic nitrogens is 2. The number of hydrogen-bond acceptors (Lipinski definition) is 6. The van der Waals surface area contributed by atoms with E-state index < -0.39 is 11.0 Å². The molecule has 1 heterocycles. The van der Waals surface area contributed by atoms with Crippen molar-refractivity contribution < 1.29 is 14.6 Å². The van der Waals surface area contributed by atoms with Crippen molar-refractivity contribution in [2.45, 2.75) is 25.9 Å². The van der Waals surface area contributed by atoms with Crippen LogP contribution in [0.5, 0.6) is 0 Å². The first-order valence-corrected chi connectivity index (χ1v) is 5.75. The van der Waals surface area contributed by atoms with Gasteiger partial charge in [-0.15, -0.1) is 0 Å². The highest BCUT2D eigenvalue weighted by Crippen LogP contribution is 2.24. The number of aliphatic hydroxyl groups excluding tert-OH is 1. The Kier molecular flexibility index (Phi) is 3.57. The van der Waals surface area contributed by atoms with Crippen LogP contribution in [0, 0.1) is 10.1 Å². The molecule has 1 N–H and O–H groups in total. The molecule has 19 heavy (non-hydrogen) atoms. The van der Waals surface area contributed by atoms with Crippen LogP contribution < -0.4 is 0 Å². The predicted molar refractivity (Wildman–Crippen MR) is 66.5 cm³/mol. The Bertz CT molecular complexity index is 594. The monoisotopic (exact) mass is 263 g/mol. The van der Waals surface area contributed by atoms with Crippen LogP contribution >= 0.6 is 0 Å². The molecular formula is C12H13N3O4. The number of nitro benzene ring substituents is 1. The van der Waals surface area contributed by atoms with Crippen molar-refractivity contribution in [1.29, 1.82) is 0 Å². The molecule has 1 aromatic heterocycles. The van der Waals surface area contributed by atoms with Gasteiger partial charge in [0, 0.05) is 17.7 Å². The van der Waals surface area contributed by atoms with E-state index in [1.54, 1.807) is 26.0 Å². The number of nitro groups is 1. The number of benzene rings is 1. The van der Waals surface area contributed by atoms with Crippen LogP contribution in [0.4, 0.5) is 5.69 Å². The highest BCUT2D eigenvalue weighted by atomic mass is 16.6. The normalized spacial score (nSPS) is 14.1. The second-order valence-corrected chi connectivity index (χ2v) is 4.29. The molecule has 0 spiro atoms. The van der Waals surface area contributed by atoms with Crippen molar-refractivity contribution in [2.24, 2.45) is 0 Å². The van der Waals surface area contributed by atoms with Gasteiger partial charge in [-0.1, -0.05) is 24.2 Å². The number of rotatable bonds is 4. The first-order chi connectivity index (χ1) is 8.99. The van der Waals surface area contributed by atoms with Gasteiger partial charge in [0.25, 0.3) is 5.69 Å². The molecule has 7 heteroatoms. The van der Waals surface area contributed by atoms with Crippen molar-refractivity contribution in [3.8, 4) is 11.4 Å². The Hall–Kier alpha value is -2.28. The summed E-state index contributed by atoms with van der Waals surface area (Å²) >= 11 is 0. The van der Waals surface area contributed by atoms with Crippen molar-refractivity contribution in [3.63, 3.8) is 0 Å². The molecular weight excluding hydrogens is 250 g/mol. The fourth-order valence-electron chi connectivity index (χ4n) is 1.50. The van der Waals surface area contributed by atoms with E-state index in [4.69, 9.17) is 4.52 Å². The molecule has 2 aromatic rings. The highest BCUT2D eigenvalue weighted by molar-refractivity contribution is 5.58. The van der Waals surface area contributed by atoms with E-state index in [9.17, 15) is 15.2 Å². The third kappa shape index (κ3) is 2.76. The lowest BCUT2D eigenvalue weighted by Gasteiger charge is -2.07. The summed E-state index contributed by atoms with van der Waals surface area (Å²) in [4.78, 5) is 14.4. The van der Waals surface area contributed by atoms with Crippen molar-refractivity contribution in [1.82, 2.24) is 10.1 Å². The summed E-state index contributed by atoms with van der Waals surface area (Å²) in [5.41, 5.74) is 0.467. The molecule has 0 aliphatic rings. The van der Waals surface area contributed by atoms with Gasteiger partial charge in [0.2, 0.25) is 11.7 Å². The topological polar surface area (TPSA) is 102 Å². The largest absolute Gasteiger partial charge is 0.393 e. The number of nitrogens with zero attached hydrogens (tertiary/aromatic N) is 3. The molecule has 0 fully saturated rings. The van der Waals surface area contributed by atoms with Crippen LogP contribution in [0.3, 0.4) is 0 Å². The molecule has 0 bridgehead atoms. The molecule has 2 unspecified atom stereocenters. The first kappa shape index (κ1) is 13.2. The molecule has 2 rings (SSSR count). The average molecular weight is 263 g/mol. The maximum absolute atomic E-state index is 10.7. The van der Waals surface area contributed by atoms with Crippen LogP contribution in [0.2, 0.25) is 0 Å². The van der Waals surface area contributed by atoms with Crippen LogP contribution in [0.1, 0.15) is 25.7 Å². The quantitative estimate of drug-likeness (QED) is 0.669. The maximum Gasteiger partial charge on any atom is 0.270 e. The summed E-state index contributed by atoms with van der Waals surface area (Å²) in [5, 5.41) is 23.9.